The second-order valence-corrected chi connectivity index (χ2v) is 4.67. The van der Waals surface area contributed by atoms with Gasteiger partial charge in [-0.15, -0.1) is 0 Å². The van der Waals surface area contributed by atoms with Crippen molar-refractivity contribution in [3.63, 3.8) is 0 Å². The second kappa shape index (κ2) is 3.95. The van der Waals surface area contributed by atoms with E-state index in [-0.39, 0.29) is 6.61 Å². The predicted molar refractivity (Wildman–Crippen MR) is 65.6 cm³/mol. The molecule has 0 saturated heterocycles. The van der Waals surface area contributed by atoms with E-state index < -0.39 is 0 Å². The number of fused-ring (bicyclic) bond motifs is 1. The topological polar surface area (TPSA) is 25.2 Å². The summed E-state index contributed by atoms with van der Waals surface area (Å²) < 4.78 is 2.40. The van der Waals surface area contributed by atoms with Crippen molar-refractivity contribution in [3.05, 3.63) is 36.0 Å². The van der Waals surface area contributed by atoms with Gasteiger partial charge in [-0.3, -0.25) is 0 Å². The average Bonchev–Trinajstić information content (AvgIpc) is 2.60. The molecule has 0 atom stereocenters. The van der Waals surface area contributed by atoms with Gasteiger partial charge in [-0.05, 0) is 48.8 Å². The maximum Gasteiger partial charge on any atom is 0.0485 e. The third-order valence-corrected chi connectivity index (χ3v) is 3.66. The highest BCUT2D eigenvalue weighted by atomic mass is 16.2. The zero-order valence-corrected chi connectivity index (χ0v) is 9.39. The molecule has 0 unspecified atom stereocenters. The summed E-state index contributed by atoms with van der Waals surface area (Å²) in [6.07, 6.45) is 6.95. The van der Waals surface area contributed by atoms with E-state index in [1.165, 1.54) is 35.7 Å². The van der Waals surface area contributed by atoms with E-state index in [9.17, 15) is 0 Å². The summed E-state index contributed by atoms with van der Waals surface area (Å²) in [4.78, 5) is 0. The molecule has 16 heavy (non-hydrogen) atoms. The molecule has 1 aromatic carbocycles. The first-order chi connectivity index (χ1) is 7.88. The largest absolute Gasteiger partial charge is 0.396 e. The van der Waals surface area contributed by atoms with E-state index in [1.54, 1.807) is 0 Å². The third-order valence-electron chi connectivity index (χ3n) is 3.66. The first-order valence-electron chi connectivity index (χ1n) is 6.09. The van der Waals surface area contributed by atoms with Gasteiger partial charge in [0.15, 0.2) is 0 Å². The van der Waals surface area contributed by atoms with Gasteiger partial charge in [-0.1, -0.05) is 12.1 Å². The fourth-order valence-electron chi connectivity index (χ4n) is 2.46. The Balaban J connectivity index is 2.04. The van der Waals surface area contributed by atoms with Gasteiger partial charge in [0, 0.05) is 24.4 Å². The first-order valence-corrected chi connectivity index (χ1v) is 6.09. The summed E-state index contributed by atoms with van der Waals surface area (Å²) in [5, 5.41) is 10.3. The number of hydrogen-bond acceptors (Lipinski definition) is 1. The van der Waals surface area contributed by atoms with Crippen LogP contribution in [-0.2, 0) is 6.42 Å². The Kier molecular flexibility index (Phi) is 2.44. The molecule has 0 aliphatic heterocycles. The van der Waals surface area contributed by atoms with Crippen molar-refractivity contribution < 1.29 is 5.11 Å². The molecule has 1 aliphatic carbocycles. The van der Waals surface area contributed by atoms with Crippen LogP contribution in [0.1, 0.15) is 30.9 Å². The smallest absolute Gasteiger partial charge is 0.0485 e. The fraction of sp³-hybridized carbons (Fsp3) is 0.429. The molecule has 84 valence electrons. The molecule has 0 bridgehead atoms. The molecule has 2 heteroatoms. The quantitative estimate of drug-likeness (QED) is 0.836. The van der Waals surface area contributed by atoms with E-state index in [0.29, 0.717) is 6.04 Å². The molecule has 0 amide bonds. The van der Waals surface area contributed by atoms with Crippen LogP contribution >= 0.6 is 0 Å². The number of aromatic nitrogens is 1. The molecule has 1 aliphatic rings. The Morgan fingerprint density at radius 2 is 2.12 bits per heavy atom. The van der Waals surface area contributed by atoms with Crippen LogP contribution in [0.3, 0.4) is 0 Å². The molecule has 2 aromatic rings. The Bertz CT molecular complexity index is 496. The minimum atomic E-state index is 0.232. The van der Waals surface area contributed by atoms with Crippen molar-refractivity contribution in [2.75, 3.05) is 6.61 Å². The Morgan fingerprint density at radius 1 is 1.25 bits per heavy atom. The van der Waals surface area contributed by atoms with Gasteiger partial charge >= 0.3 is 0 Å². The fourth-order valence-corrected chi connectivity index (χ4v) is 2.46. The highest BCUT2D eigenvalue weighted by molar-refractivity contribution is 5.81. The van der Waals surface area contributed by atoms with Gasteiger partial charge < -0.3 is 9.67 Å². The molecular formula is C14H17NO. The number of nitrogens with zero attached hydrogens (tertiary/aromatic N) is 1. The Labute approximate surface area is 95.5 Å². The molecule has 1 aromatic heterocycles. The predicted octanol–water partition coefficient (Wildman–Crippen LogP) is 2.90. The maximum atomic E-state index is 8.97. The minimum absolute atomic E-state index is 0.232. The second-order valence-electron chi connectivity index (χ2n) is 4.67. The van der Waals surface area contributed by atoms with E-state index in [1.807, 2.05) is 0 Å². The van der Waals surface area contributed by atoms with Crippen molar-refractivity contribution >= 4 is 10.9 Å². The van der Waals surface area contributed by atoms with Crippen LogP contribution in [0.15, 0.2) is 30.5 Å². The molecule has 1 fully saturated rings. The number of aliphatic hydroxyl groups excluding tert-OH is 1. The molecule has 1 saturated carbocycles. The van der Waals surface area contributed by atoms with Crippen LogP contribution in [0, 0.1) is 0 Å². The molecule has 0 radical (unpaired) electrons. The van der Waals surface area contributed by atoms with Crippen molar-refractivity contribution in [1.82, 2.24) is 4.57 Å². The highest BCUT2D eigenvalue weighted by Crippen LogP contribution is 2.34. The van der Waals surface area contributed by atoms with Crippen LogP contribution in [0.25, 0.3) is 10.9 Å². The summed E-state index contributed by atoms with van der Waals surface area (Å²) in [6, 6.07) is 9.40. The van der Waals surface area contributed by atoms with E-state index in [4.69, 9.17) is 5.11 Å². The molecular weight excluding hydrogens is 198 g/mol. The van der Waals surface area contributed by atoms with Crippen LogP contribution in [0.2, 0.25) is 0 Å². The van der Waals surface area contributed by atoms with Crippen molar-refractivity contribution in [1.29, 1.82) is 0 Å². The monoisotopic (exact) mass is 215 g/mol. The Morgan fingerprint density at radius 3 is 2.81 bits per heavy atom. The van der Waals surface area contributed by atoms with Crippen molar-refractivity contribution in [2.45, 2.75) is 31.7 Å². The van der Waals surface area contributed by atoms with Crippen molar-refractivity contribution in [3.8, 4) is 0 Å². The first kappa shape index (κ1) is 9.91. The van der Waals surface area contributed by atoms with Gasteiger partial charge in [-0.25, -0.2) is 0 Å². The summed E-state index contributed by atoms with van der Waals surface area (Å²) in [5.74, 6) is 0. The molecule has 2 nitrogen and oxygen atoms in total. The van der Waals surface area contributed by atoms with Crippen LogP contribution in [0.4, 0.5) is 0 Å². The minimum Gasteiger partial charge on any atom is -0.396 e. The van der Waals surface area contributed by atoms with E-state index >= 15 is 0 Å². The lowest BCUT2D eigenvalue weighted by Crippen LogP contribution is -2.15. The molecule has 0 spiro atoms. The van der Waals surface area contributed by atoms with E-state index in [2.05, 4.69) is 35.0 Å². The van der Waals surface area contributed by atoms with E-state index in [0.717, 1.165) is 6.42 Å². The highest BCUT2D eigenvalue weighted by Gasteiger charge is 2.20. The summed E-state index contributed by atoms with van der Waals surface area (Å²) in [7, 11) is 0. The van der Waals surface area contributed by atoms with Crippen LogP contribution < -0.4 is 0 Å². The zero-order chi connectivity index (χ0) is 11.0. The molecule has 1 N–H and O–H groups in total. The Hall–Kier alpha value is -1.28. The van der Waals surface area contributed by atoms with Gasteiger partial charge in [0.05, 0.1) is 0 Å². The van der Waals surface area contributed by atoms with Gasteiger partial charge in [0.1, 0.15) is 0 Å². The lowest BCUT2D eigenvalue weighted by molar-refractivity contribution is 0.299. The molecule has 1 heterocycles. The van der Waals surface area contributed by atoms with Gasteiger partial charge in [0.2, 0.25) is 0 Å². The normalized spacial score (nSPS) is 16.6. The SMILES string of the molecule is OCCc1ccc2ccn(C3CCC3)c2c1. The van der Waals surface area contributed by atoms with Crippen LogP contribution in [0.5, 0.6) is 0 Å². The van der Waals surface area contributed by atoms with Gasteiger partial charge in [-0.2, -0.15) is 0 Å². The summed E-state index contributed by atoms with van der Waals surface area (Å²) in [6.45, 7) is 0.232. The van der Waals surface area contributed by atoms with Gasteiger partial charge in [0.25, 0.3) is 0 Å². The lowest BCUT2D eigenvalue weighted by Gasteiger charge is -2.28. The average molecular weight is 215 g/mol. The number of aliphatic hydroxyl groups is 1. The zero-order valence-electron chi connectivity index (χ0n) is 9.39. The summed E-state index contributed by atoms with van der Waals surface area (Å²) in [5.41, 5.74) is 2.56. The maximum absolute atomic E-state index is 8.97. The van der Waals surface area contributed by atoms with Crippen LogP contribution in [-0.4, -0.2) is 16.3 Å². The third kappa shape index (κ3) is 1.54. The standard InChI is InChI=1S/C14H17NO/c16-9-7-11-4-5-12-6-8-15(14(12)10-11)13-2-1-3-13/h4-6,8,10,13,16H,1-3,7,9H2. The number of rotatable bonds is 3. The van der Waals surface area contributed by atoms with Crippen molar-refractivity contribution in [2.24, 2.45) is 0 Å². The number of benzene rings is 1. The molecule has 3 rings (SSSR count). The number of hydrogen-bond donors (Lipinski definition) is 1. The summed E-state index contributed by atoms with van der Waals surface area (Å²) >= 11 is 0. The lowest BCUT2D eigenvalue weighted by atomic mass is 9.93.